The number of alkyl halides is 3. The second-order valence-corrected chi connectivity index (χ2v) is 10.6. The van der Waals surface area contributed by atoms with Gasteiger partial charge in [0.05, 0.1) is 11.8 Å². The van der Waals surface area contributed by atoms with Crippen LogP contribution in [-0.2, 0) is 22.6 Å². The van der Waals surface area contributed by atoms with Crippen LogP contribution in [0.15, 0.2) is 18.2 Å². The second kappa shape index (κ2) is 7.84. The molecule has 0 spiro atoms. The number of halogens is 3. The SMILES string of the molecule is CC1c2c([nH]c3ccc(C(F)(F)F)cc23)CC2CCN(CCCNS(C)(=O)=O)C[C@@H]21. The Hall–Kier alpha value is -1.58. The zero-order chi connectivity index (χ0) is 21.7. The van der Waals surface area contributed by atoms with Gasteiger partial charge in [0.1, 0.15) is 0 Å². The van der Waals surface area contributed by atoms with Crippen molar-refractivity contribution in [2.75, 3.05) is 32.4 Å². The van der Waals surface area contributed by atoms with E-state index in [1.54, 1.807) is 6.07 Å². The van der Waals surface area contributed by atoms with Crippen molar-refractivity contribution in [1.29, 1.82) is 0 Å². The van der Waals surface area contributed by atoms with E-state index in [0.29, 0.717) is 23.8 Å². The highest BCUT2D eigenvalue weighted by atomic mass is 32.2. The number of benzene rings is 1. The molecule has 9 heteroatoms. The molecular weight excluding hydrogens is 415 g/mol. The standard InChI is InChI=1S/C21H28F3N3O2S/c1-13-17-12-27(8-3-7-25-30(2,28)29)9-6-14(17)10-19-20(13)16-11-15(21(22,23)24)4-5-18(16)26-19/h4-5,11,13-14,17,25-26H,3,6-10,12H2,1-2H3/t13?,14?,17-/m1/s1. The van der Waals surface area contributed by atoms with Gasteiger partial charge < -0.3 is 9.88 Å². The van der Waals surface area contributed by atoms with Crippen molar-refractivity contribution in [2.45, 2.75) is 38.3 Å². The predicted octanol–water partition coefficient (Wildman–Crippen LogP) is 3.72. The lowest BCUT2D eigenvalue weighted by Gasteiger charge is -2.44. The van der Waals surface area contributed by atoms with Crippen molar-refractivity contribution in [2.24, 2.45) is 11.8 Å². The summed E-state index contributed by atoms with van der Waals surface area (Å²) in [5, 5.41) is 0.695. The van der Waals surface area contributed by atoms with Gasteiger partial charge in [-0.1, -0.05) is 6.92 Å². The number of fused-ring (bicyclic) bond motifs is 4. The third kappa shape index (κ3) is 4.38. The molecule has 166 valence electrons. The number of sulfonamides is 1. The van der Waals surface area contributed by atoms with Crippen LogP contribution in [0, 0.1) is 11.8 Å². The van der Waals surface area contributed by atoms with Gasteiger partial charge in [0.2, 0.25) is 10.0 Å². The molecule has 0 saturated carbocycles. The van der Waals surface area contributed by atoms with Crippen molar-refractivity contribution in [3.8, 4) is 0 Å². The van der Waals surface area contributed by atoms with Gasteiger partial charge in [0, 0.05) is 29.7 Å². The number of aromatic amines is 1. The number of nitrogens with zero attached hydrogens (tertiary/aromatic N) is 1. The summed E-state index contributed by atoms with van der Waals surface area (Å²) in [4.78, 5) is 5.74. The van der Waals surface area contributed by atoms with E-state index in [0.717, 1.165) is 68.0 Å². The van der Waals surface area contributed by atoms with E-state index in [1.807, 2.05) is 0 Å². The van der Waals surface area contributed by atoms with Crippen LogP contribution in [0.5, 0.6) is 0 Å². The van der Waals surface area contributed by atoms with E-state index in [2.05, 4.69) is 21.5 Å². The summed E-state index contributed by atoms with van der Waals surface area (Å²) in [6.45, 7) is 5.25. The first kappa shape index (κ1) is 21.6. The van der Waals surface area contributed by atoms with Gasteiger partial charge in [0.25, 0.3) is 0 Å². The van der Waals surface area contributed by atoms with Crippen LogP contribution in [0.3, 0.4) is 0 Å². The molecule has 0 amide bonds. The monoisotopic (exact) mass is 443 g/mol. The highest BCUT2D eigenvalue weighted by Crippen LogP contribution is 2.46. The van der Waals surface area contributed by atoms with Crippen LogP contribution in [0.1, 0.15) is 42.5 Å². The number of nitrogens with one attached hydrogen (secondary N) is 2. The highest BCUT2D eigenvalue weighted by molar-refractivity contribution is 7.88. The van der Waals surface area contributed by atoms with Crippen molar-refractivity contribution in [1.82, 2.24) is 14.6 Å². The van der Waals surface area contributed by atoms with Crippen LogP contribution in [0.2, 0.25) is 0 Å². The lowest BCUT2D eigenvalue weighted by atomic mass is 9.68. The summed E-state index contributed by atoms with van der Waals surface area (Å²) in [7, 11) is -3.17. The maximum Gasteiger partial charge on any atom is 0.416 e. The van der Waals surface area contributed by atoms with Crippen molar-refractivity contribution < 1.29 is 21.6 Å². The molecule has 2 aliphatic rings. The number of hydrogen-bond acceptors (Lipinski definition) is 3. The van der Waals surface area contributed by atoms with Gasteiger partial charge in [-0.15, -0.1) is 0 Å². The molecular formula is C21H28F3N3O2S. The quantitative estimate of drug-likeness (QED) is 0.693. The predicted molar refractivity (Wildman–Crippen MR) is 111 cm³/mol. The molecule has 0 radical (unpaired) electrons. The van der Waals surface area contributed by atoms with E-state index < -0.39 is 21.8 Å². The van der Waals surface area contributed by atoms with Crippen LogP contribution in [-0.4, -0.2) is 50.7 Å². The number of aromatic nitrogens is 1. The first-order valence-corrected chi connectivity index (χ1v) is 12.3. The lowest BCUT2D eigenvalue weighted by molar-refractivity contribution is -0.137. The Morgan fingerprint density at radius 1 is 1.30 bits per heavy atom. The Balaban J connectivity index is 1.51. The Morgan fingerprint density at radius 2 is 2.07 bits per heavy atom. The van der Waals surface area contributed by atoms with E-state index in [1.165, 1.54) is 6.07 Å². The first-order chi connectivity index (χ1) is 14.0. The minimum atomic E-state index is -4.35. The number of hydrogen-bond donors (Lipinski definition) is 2. The molecule has 30 heavy (non-hydrogen) atoms. The van der Waals surface area contributed by atoms with E-state index in [9.17, 15) is 21.6 Å². The minimum Gasteiger partial charge on any atom is -0.358 e. The molecule has 1 aromatic heterocycles. The minimum absolute atomic E-state index is 0.174. The summed E-state index contributed by atoms with van der Waals surface area (Å²) in [6.07, 6.45) is -0.515. The molecule has 0 bridgehead atoms. The van der Waals surface area contributed by atoms with Crippen molar-refractivity contribution in [3.63, 3.8) is 0 Å². The molecule has 1 aliphatic heterocycles. The van der Waals surface area contributed by atoms with Crippen LogP contribution >= 0.6 is 0 Å². The summed E-state index contributed by atoms with van der Waals surface area (Å²) >= 11 is 0. The van der Waals surface area contributed by atoms with E-state index in [4.69, 9.17) is 0 Å². The van der Waals surface area contributed by atoms with Gasteiger partial charge in [0.15, 0.2) is 0 Å². The Bertz CT molecular complexity index is 1030. The molecule has 2 N–H and O–H groups in total. The fraction of sp³-hybridized carbons (Fsp3) is 0.619. The van der Waals surface area contributed by atoms with Gasteiger partial charge >= 0.3 is 6.18 Å². The fourth-order valence-electron chi connectivity index (χ4n) is 5.29. The lowest BCUT2D eigenvalue weighted by Crippen LogP contribution is -2.45. The smallest absolute Gasteiger partial charge is 0.358 e. The van der Waals surface area contributed by atoms with Crippen LogP contribution in [0.4, 0.5) is 13.2 Å². The first-order valence-electron chi connectivity index (χ1n) is 10.4. The number of likely N-dealkylation sites (tertiary alicyclic amines) is 1. The Kier molecular flexibility index (Phi) is 5.65. The van der Waals surface area contributed by atoms with Gasteiger partial charge in [-0.05, 0) is 73.9 Å². The van der Waals surface area contributed by atoms with E-state index >= 15 is 0 Å². The van der Waals surface area contributed by atoms with Crippen LogP contribution in [0.25, 0.3) is 10.9 Å². The zero-order valence-corrected chi connectivity index (χ0v) is 18.0. The summed E-state index contributed by atoms with van der Waals surface area (Å²) in [5.74, 6) is 1.09. The van der Waals surface area contributed by atoms with Gasteiger partial charge in [-0.3, -0.25) is 0 Å². The molecule has 1 fully saturated rings. The molecule has 5 nitrogen and oxygen atoms in total. The zero-order valence-electron chi connectivity index (χ0n) is 17.2. The molecule has 1 saturated heterocycles. The Labute approximate surface area is 175 Å². The topological polar surface area (TPSA) is 65.2 Å². The molecule has 2 heterocycles. The van der Waals surface area contributed by atoms with Crippen molar-refractivity contribution >= 4 is 20.9 Å². The molecule has 2 aromatic rings. The largest absolute Gasteiger partial charge is 0.416 e. The Morgan fingerprint density at radius 3 is 2.77 bits per heavy atom. The number of rotatable bonds is 5. The molecule has 4 rings (SSSR count). The second-order valence-electron chi connectivity index (χ2n) is 8.80. The highest BCUT2D eigenvalue weighted by Gasteiger charge is 2.40. The van der Waals surface area contributed by atoms with Crippen molar-refractivity contribution in [3.05, 3.63) is 35.0 Å². The molecule has 2 unspecified atom stereocenters. The van der Waals surface area contributed by atoms with Gasteiger partial charge in [-0.2, -0.15) is 13.2 Å². The maximum atomic E-state index is 13.2. The maximum absolute atomic E-state index is 13.2. The molecule has 3 atom stereocenters. The summed E-state index contributed by atoms with van der Waals surface area (Å²) in [5.41, 5.74) is 2.30. The number of piperidine rings is 1. The van der Waals surface area contributed by atoms with Gasteiger partial charge in [-0.25, -0.2) is 13.1 Å². The molecule has 1 aromatic carbocycles. The average Bonchev–Trinajstić information content (AvgIpc) is 3.02. The summed E-state index contributed by atoms with van der Waals surface area (Å²) in [6, 6.07) is 3.99. The normalized spacial score (nSPS) is 25.3. The molecule has 1 aliphatic carbocycles. The third-order valence-electron chi connectivity index (χ3n) is 6.72. The van der Waals surface area contributed by atoms with Crippen LogP contribution < -0.4 is 4.72 Å². The summed E-state index contributed by atoms with van der Waals surface area (Å²) < 4.78 is 64.6. The fourth-order valence-corrected chi connectivity index (χ4v) is 5.80. The average molecular weight is 444 g/mol. The van der Waals surface area contributed by atoms with E-state index in [-0.39, 0.29) is 5.92 Å². The number of H-pyrrole nitrogens is 1. The third-order valence-corrected chi connectivity index (χ3v) is 7.45.